The zero-order valence-electron chi connectivity index (χ0n) is 11.2. The third-order valence-electron chi connectivity index (χ3n) is 3.47. The van der Waals surface area contributed by atoms with Gasteiger partial charge in [0.2, 0.25) is 10.0 Å². The average molecular weight is 307 g/mol. The van der Waals surface area contributed by atoms with E-state index in [1.165, 1.54) is 4.88 Å². The van der Waals surface area contributed by atoms with E-state index in [2.05, 4.69) is 10.8 Å². The van der Waals surface area contributed by atoms with Gasteiger partial charge in [-0.1, -0.05) is 35.9 Å². The van der Waals surface area contributed by atoms with Gasteiger partial charge in [0.15, 0.2) is 0 Å². The highest BCUT2D eigenvalue weighted by molar-refractivity contribution is 7.88. The molecule has 1 aliphatic carbocycles. The van der Waals surface area contributed by atoms with Gasteiger partial charge < -0.3 is 0 Å². The number of hydrogen-bond acceptors (Lipinski definition) is 3. The van der Waals surface area contributed by atoms with Crippen molar-refractivity contribution in [3.63, 3.8) is 0 Å². The van der Waals surface area contributed by atoms with Crippen molar-refractivity contribution in [2.24, 2.45) is 0 Å². The van der Waals surface area contributed by atoms with E-state index in [4.69, 9.17) is 0 Å². The molecule has 0 aliphatic heterocycles. The van der Waals surface area contributed by atoms with Crippen LogP contribution < -0.4 is 4.72 Å². The van der Waals surface area contributed by atoms with E-state index in [-0.39, 0.29) is 11.8 Å². The van der Waals surface area contributed by atoms with Crippen LogP contribution in [0.15, 0.2) is 41.8 Å². The van der Waals surface area contributed by atoms with Crippen LogP contribution in [0.2, 0.25) is 0 Å². The Morgan fingerprint density at radius 3 is 2.85 bits per heavy atom. The number of sulfonamides is 1. The lowest BCUT2D eigenvalue weighted by Crippen LogP contribution is -2.28. The van der Waals surface area contributed by atoms with E-state index in [9.17, 15) is 8.42 Å². The molecule has 1 saturated carbocycles. The first-order chi connectivity index (χ1) is 9.53. The van der Waals surface area contributed by atoms with Gasteiger partial charge in [-0.25, -0.2) is 13.1 Å². The van der Waals surface area contributed by atoms with E-state index in [0.29, 0.717) is 5.92 Å². The first kappa shape index (κ1) is 13.8. The highest BCUT2D eigenvalue weighted by Gasteiger charge is 2.41. The molecule has 20 heavy (non-hydrogen) atoms. The predicted octanol–water partition coefficient (Wildman–Crippen LogP) is 3.03. The number of nitrogens with one attached hydrogen (secondary N) is 1. The number of rotatable bonds is 5. The lowest BCUT2D eigenvalue weighted by atomic mass is 10.2. The second-order valence-corrected chi connectivity index (χ2v) is 8.06. The Bertz CT molecular complexity index is 692. The minimum Gasteiger partial charge on any atom is -0.212 e. The van der Waals surface area contributed by atoms with Crippen molar-refractivity contribution in [1.82, 2.24) is 4.72 Å². The van der Waals surface area contributed by atoms with Crippen LogP contribution in [0.1, 0.15) is 28.3 Å². The Balaban J connectivity index is 1.63. The van der Waals surface area contributed by atoms with Crippen molar-refractivity contribution in [2.45, 2.75) is 31.1 Å². The monoisotopic (exact) mass is 307 g/mol. The fraction of sp³-hybridized carbons (Fsp3) is 0.333. The maximum atomic E-state index is 12.2. The lowest BCUT2D eigenvalue weighted by Gasteiger charge is -2.07. The molecular weight excluding hydrogens is 290 g/mol. The van der Waals surface area contributed by atoms with Crippen LogP contribution in [0.5, 0.6) is 0 Å². The molecule has 1 fully saturated rings. The third kappa shape index (κ3) is 3.29. The van der Waals surface area contributed by atoms with Gasteiger partial charge in [-0.15, -0.1) is 11.3 Å². The number of benzene rings is 1. The molecule has 106 valence electrons. The molecule has 2 aromatic rings. The minimum absolute atomic E-state index is 0.0579. The second-order valence-electron chi connectivity index (χ2n) is 5.33. The predicted molar refractivity (Wildman–Crippen MR) is 82.4 cm³/mol. The Labute approximate surface area is 123 Å². The van der Waals surface area contributed by atoms with Crippen LogP contribution in [0.25, 0.3) is 0 Å². The standard InChI is InChI=1S/C15H17NO2S2/c1-11-4-2-5-12(8-11)10-20(17,18)16-14-9-13(14)15-6-3-7-19-15/h2-8,13-14,16H,9-10H2,1H3. The molecule has 1 aromatic carbocycles. The summed E-state index contributed by atoms with van der Waals surface area (Å²) in [6.07, 6.45) is 0.910. The van der Waals surface area contributed by atoms with Crippen molar-refractivity contribution < 1.29 is 8.42 Å². The van der Waals surface area contributed by atoms with Crippen molar-refractivity contribution in [3.8, 4) is 0 Å². The Morgan fingerprint density at radius 1 is 1.30 bits per heavy atom. The van der Waals surface area contributed by atoms with Gasteiger partial charge in [0.25, 0.3) is 0 Å². The highest BCUT2D eigenvalue weighted by atomic mass is 32.2. The summed E-state index contributed by atoms with van der Waals surface area (Å²) < 4.78 is 27.2. The molecule has 1 N–H and O–H groups in total. The second kappa shape index (κ2) is 5.31. The molecule has 2 atom stereocenters. The molecule has 0 amide bonds. The van der Waals surface area contributed by atoms with Crippen molar-refractivity contribution in [1.29, 1.82) is 0 Å². The molecule has 0 bridgehead atoms. The van der Waals surface area contributed by atoms with Crippen LogP contribution >= 0.6 is 11.3 Å². The van der Waals surface area contributed by atoms with Crippen molar-refractivity contribution in [2.75, 3.05) is 0 Å². The molecular formula is C15H17NO2S2. The quantitative estimate of drug-likeness (QED) is 0.923. The fourth-order valence-corrected chi connectivity index (χ4v) is 4.77. The molecule has 0 radical (unpaired) electrons. The number of aryl methyl sites for hydroxylation is 1. The normalized spacial score (nSPS) is 21.9. The van der Waals surface area contributed by atoms with Crippen LogP contribution in [0, 0.1) is 6.92 Å². The van der Waals surface area contributed by atoms with Crippen LogP contribution in [0.4, 0.5) is 0 Å². The minimum atomic E-state index is -3.26. The van der Waals surface area contributed by atoms with Gasteiger partial charge in [0.05, 0.1) is 5.75 Å². The molecule has 3 nitrogen and oxygen atoms in total. The molecule has 1 heterocycles. The van der Waals surface area contributed by atoms with Crippen LogP contribution in [0.3, 0.4) is 0 Å². The van der Waals surface area contributed by atoms with Crippen molar-refractivity contribution in [3.05, 3.63) is 57.8 Å². The summed E-state index contributed by atoms with van der Waals surface area (Å²) in [4.78, 5) is 1.27. The summed E-state index contributed by atoms with van der Waals surface area (Å²) in [5, 5.41) is 2.03. The van der Waals surface area contributed by atoms with Gasteiger partial charge in [-0.05, 0) is 30.4 Å². The summed E-state index contributed by atoms with van der Waals surface area (Å²) in [7, 11) is -3.26. The topological polar surface area (TPSA) is 46.2 Å². The van der Waals surface area contributed by atoms with E-state index >= 15 is 0 Å². The van der Waals surface area contributed by atoms with Crippen LogP contribution in [-0.4, -0.2) is 14.5 Å². The molecule has 0 spiro atoms. The lowest BCUT2D eigenvalue weighted by molar-refractivity contribution is 0.579. The first-order valence-corrected chi connectivity index (χ1v) is 9.16. The summed E-state index contributed by atoms with van der Waals surface area (Å²) in [6, 6.07) is 11.8. The Hall–Kier alpha value is -1.17. The molecule has 0 saturated heterocycles. The summed E-state index contributed by atoms with van der Waals surface area (Å²) in [5.41, 5.74) is 1.92. The molecule has 2 unspecified atom stereocenters. The SMILES string of the molecule is Cc1cccc(CS(=O)(=O)NC2CC2c2cccs2)c1. The zero-order chi connectivity index (χ0) is 14.2. The summed E-state index contributed by atoms with van der Waals surface area (Å²) >= 11 is 1.69. The van der Waals surface area contributed by atoms with E-state index in [0.717, 1.165) is 17.5 Å². The highest BCUT2D eigenvalue weighted by Crippen LogP contribution is 2.43. The Morgan fingerprint density at radius 2 is 2.15 bits per heavy atom. The zero-order valence-corrected chi connectivity index (χ0v) is 12.9. The molecule has 1 aliphatic rings. The average Bonchev–Trinajstić information content (AvgIpc) is 2.89. The Kier molecular flexibility index (Phi) is 3.67. The van der Waals surface area contributed by atoms with Gasteiger partial charge in [0.1, 0.15) is 0 Å². The van der Waals surface area contributed by atoms with E-state index in [1.807, 2.05) is 42.6 Å². The van der Waals surface area contributed by atoms with Gasteiger partial charge in [-0.2, -0.15) is 0 Å². The molecule has 3 rings (SSSR count). The summed E-state index contributed by atoms with van der Waals surface area (Å²) in [5.74, 6) is 0.421. The van der Waals surface area contributed by atoms with E-state index in [1.54, 1.807) is 11.3 Å². The maximum absolute atomic E-state index is 12.2. The van der Waals surface area contributed by atoms with Gasteiger partial charge in [0, 0.05) is 16.8 Å². The molecule has 5 heteroatoms. The van der Waals surface area contributed by atoms with Gasteiger partial charge in [-0.3, -0.25) is 0 Å². The maximum Gasteiger partial charge on any atom is 0.216 e. The largest absolute Gasteiger partial charge is 0.216 e. The van der Waals surface area contributed by atoms with E-state index < -0.39 is 10.0 Å². The third-order valence-corrected chi connectivity index (χ3v) is 5.85. The first-order valence-electron chi connectivity index (χ1n) is 6.62. The smallest absolute Gasteiger partial charge is 0.212 e. The van der Waals surface area contributed by atoms with Crippen LogP contribution in [-0.2, 0) is 15.8 Å². The number of thiophene rings is 1. The number of hydrogen-bond donors (Lipinski definition) is 1. The fourth-order valence-electron chi connectivity index (χ4n) is 2.44. The summed E-state index contributed by atoms with van der Waals surface area (Å²) in [6.45, 7) is 1.97. The molecule has 1 aromatic heterocycles. The van der Waals surface area contributed by atoms with Gasteiger partial charge >= 0.3 is 0 Å². The van der Waals surface area contributed by atoms with Crippen molar-refractivity contribution >= 4 is 21.4 Å².